The van der Waals surface area contributed by atoms with E-state index in [0.717, 1.165) is 35.1 Å². The van der Waals surface area contributed by atoms with Crippen molar-refractivity contribution in [3.05, 3.63) is 59.7 Å². The van der Waals surface area contributed by atoms with Crippen LogP contribution in [0, 0.1) is 17.3 Å². The van der Waals surface area contributed by atoms with Gasteiger partial charge in [-0.15, -0.1) is 0 Å². The van der Waals surface area contributed by atoms with Crippen molar-refractivity contribution in [2.24, 2.45) is 17.3 Å². The average Bonchev–Trinajstić information content (AvgIpc) is 3.43. The summed E-state index contributed by atoms with van der Waals surface area (Å²) in [5.74, 6) is -1.49. The number of aliphatic carboxylic acids is 1. The third-order valence-electron chi connectivity index (χ3n) is 7.13. The molecule has 2 atom stereocenters. The normalized spacial score (nSPS) is 19.2. The van der Waals surface area contributed by atoms with E-state index in [2.05, 4.69) is 34.9 Å². The smallest absolute Gasteiger partial charge is 0.407 e. The van der Waals surface area contributed by atoms with Gasteiger partial charge in [0, 0.05) is 19.0 Å². The molecule has 1 fully saturated rings. The molecule has 1 saturated carbocycles. The van der Waals surface area contributed by atoms with Crippen molar-refractivity contribution in [2.45, 2.75) is 39.0 Å². The molecule has 0 aliphatic heterocycles. The first-order valence-corrected chi connectivity index (χ1v) is 11.9. The molecule has 2 aliphatic carbocycles. The van der Waals surface area contributed by atoms with Gasteiger partial charge in [-0.2, -0.15) is 0 Å². The fourth-order valence-corrected chi connectivity index (χ4v) is 5.09. The molecule has 0 radical (unpaired) electrons. The lowest BCUT2D eigenvalue weighted by atomic mass is 9.91. The van der Waals surface area contributed by atoms with Crippen LogP contribution < -0.4 is 10.6 Å². The van der Waals surface area contributed by atoms with E-state index in [1.165, 1.54) is 0 Å². The van der Waals surface area contributed by atoms with Gasteiger partial charge in [-0.3, -0.25) is 9.59 Å². The fourth-order valence-electron chi connectivity index (χ4n) is 5.09. The van der Waals surface area contributed by atoms with Crippen LogP contribution in [0.15, 0.2) is 48.5 Å². The van der Waals surface area contributed by atoms with Gasteiger partial charge in [0.15, 0.2) is 0 Å². The molecule has 0 spiro atoms. The molecule has 4 rings (SSSR count). The van der Waals surface area contributed by atoms with Gasteiger partial charge in [0.25, 0.3) is 0 Å². The summed E-state index contributed by atoms with van der Waals surface area (Å²) in [6.45, 7) is 4.16. The number of carbonyl (C=O) groups is 3. The Bertz CT molecular complexity index is 1030. The predicted molar refractivity (Wildman–Crippen MR) is 128 cm³/mol. The predicted octanol–water partition coefficient (Wildman–Crippen LogP) is 4.17. The maximum absolute atomic E-state index is 12.7. The third-order valence-corrected chi connectivity index (χ3v) is 7.13. The highest BCUT2D eigenvalue weighted by atomic mass is 16.5. The molecule has 7 nitrogen and oxygen atoms in total. The second-order valence-corrected chi connectivity index (χ2v) is 9.91. The van der Waals surface area contributed by atoms with Gasteiger partial charge in [0.1, 0.15) is 6.61 Å². The van der Waals surface area contributed by atoms with Gasteiger partial charge in [-0.25, -0.2) is 4.79 Å². The number of rotatable bonds is 8. The first kappa shape index (κ1) is 23.8. The summed E-state index contributed by atoms with van der Waals surface area (Å²) in [6, 6.07) is 16.3. The SMILES string of the molecule is CC(C)(CNC(=O)OCC1c2ccccc2-c2ccccc21)C(=O)NC[C@@H]1CCC[C@@H]1C(=O)O. The van der Waals surface area contributed by atoms with Crippen LogP contribution in [0.2, 0.25) is 0 Å². The zero-order valence-electron chi connectivity index (χ0n) is 19.7. The molecule has 0 heterocycles. The zero-order valence-corrected chi connectivity index (χ0v) is 19.7. The molecule has 0 bridgehead atoms. The van der Waals surface area contributed by atoms with Crippen molar-refractivity contribution < 1.29 is 24.2 Å². The van der Waals surface area contributed by atoms with E-state index in [4.69, 9.17) is 4.74 Å². The van der Waals surface area contributed by atoms with Crippen molar-refractivity contribution in [1.82, 2.24) is 10.6 Å². The topological polar surface area (TPSA) is 105 Å². The Morgan fingerprint density at radius 2 is 1.59 bits per heavy atom. The van der Waals surface area contributed by atoms with Crippen LogP contribution in [0.4, 0.5) is 4.79 Å². The van der Waals surface area contributed by atoms with E-state index in [1.54, 1.807) is 13.8 Å². The first-order chi connectivity index (χ1) is 16.3. The molecular weight excluding hydrogens is 432 g/mol. The number of ether oxygens (including phenoxy) is 1. The summed E-state index contributed by atoms with van der Waals surface area (Å²) in [6.07, 6.45) is 1.76. The van der Waals surface area contributed by atoms with Gasteiger partial charge < -0.3 is 20.5 Å². The van der Waals surface area contributed by atoms with Crippen LogP contribution in [0.5, 0.6) is 0 Å². The van der Waals surface area contributed by atoms with Crippen molar-refractivity contribution in [1.29, 1.82) is 0 Å². The van der Waals surface area contributed by atoms with Crippen molar-refractivity contribution >= 4 is 18.0 Å². The maximum Gasteiger partial charge on any atom is 0.407 e. The number of carboxylic acids is 1. The number of carboxylic acid groups (broad SMARTS) is 1. The molecule has 3 N–H and O–H groups in total. The molecule has 7 heteroatoms. The summed E-state index contributed by atoms with van der Waals surface area (Å²) in [4.78, 5) is 36.5. The second kappa shape index (κ2) is 9.87. The van der Waals surface area contributed by atoms with E-state index in [0.29, 0.717) is 13.0 Å². The van der Waals surface area contributed by atoms with Crippen molar-refractivity contribution in [2.75, 3.05) is 19.7 Å². The zero-order chi connectivity index (χ0) is 24.3. The molecule has 34 heavy (non-hydrogen) atoms. The summed E-state index contributed by atoms with van der Waals surface area (Å²) >= 11 is 0. The third kappa shape index (κ3) is 4.93. The van der Waals surface area contributed by atoms with Crippen LogP contribution in [0.25, 0.3) is 11.1 Å². The van der Waals surface area contributed by atoms with Gasteiger partial charge in [0.05, 0.1) is 11.3 Å². The number of alkyl carbamates (subject to hydrolysis) is 1. The standard InChI is InChI=1S/C27H32N2O5/c1-27(2,25(32)28-14-17-8-7-13-18(17)24(30)31)16-29-26(33)34-15-23-21-11-5-3-9-19(21)20-10-4-6-12-22(20)23/h3-6,9-12,17-18,23H,7-8,13-16H2,1-2H3,(H,28,32)(H,29,33)(H,30,31)/t17-,18-/m0/s1. The number of benzene rings is 2. The van der Waals surface area contributed by atoms with Crippen LogP contribution >= 0.6 is 0 Å². The molecule has 2 amide bonds. The van der Waals surface area contributed by atoms with E-state index < -0.39 is 23.4 Å². The Balaban J connectivity index is 1.27. The minimum Gasteiger partial charge on any atom is -0.481 e. The maximum atomic E-state index is 12.7. The summed E-state index contributed by atoms with van der Waals surface area (Å²) in [7, 11) is 0. The molecule has 180 valence electrons. The van der Waals surface area contributed by atoms with Crippen LogP contribution in [-0.4, -0.2) is 42.8 Å². The van der Waals surface area contributed by atoms with E-state index in [1.807, 2.05) is 24.3 Å². The number of fused-ring (bicyclic) bond motifs is 3. The number of hydrogen-bond donors (Lipinski definition) is 3. The van der Waals surface area contributed by atoms with Crippen molar-refractivity contribution in [3.63, 3.8) is 0 Å². The van der Waals surface area contributed by atoms with Crippen LogP contribution in [0.1, 0.15) is 50.2 Å². The number of nitrogens with one attached hydrogen (secondary N) is 2. The van der Waals surface area contributed by atoms with Crippen LogP contribution in [-0.2, 0) is 14.3 Å². The highest BCUT2D eigenvalue weighted by Crippen LogP contribution is 2.44. The van der Waals surface area contributed by atoms with Gasteiger partial charge in [-0.05, 0) is 54.9 Å². The second-order valence-electron chi connectivity index (χ2n) is 9.91. The van der Waals surface area contributed by atoms with E-state index in [9.17, 15) is 19.5 Å². The lowest BCUT2D eigenvalue weighted by Crippen LogP contribution is -2.46. The minimum atomic E-state index is -0.858. The Morgan fingerprint density at radius 3 is 2.21 bits per heavy atom. The van der Waals surface area contributed by atoms with Gasteiger partial charge >= 0.3 is 12.1 Å². The molecule has 0 aromatic heterocycles. The lowest BCUT2D eigenvalue weighted by molar-refractivity contribution is -0.143. The quantitative estimate of drug-likeness (QED) is 0.544. The molecule has 0 saturated heterocycles. The average molecular weight is 465 g/mol. The fraction of sp³-hybridized carbons (Fsp3) is 0.444. The lowest BCUT2D eigenvalue weighted by Gasteiger charge is -2.25. The Morgan fingerprint density at radius 1 is 0.971 bits per heavy atom. The largest absolute Gasteiger partial charge is 0.481 e. The number of carbonyl (C=O) groups excluding carboxylic acids is 2. The van der Waals surface area contributed by atoms with Gasteiger partial charge in [-0.1, -0.05) is 55.0 Å². The minimum absolute atomic E-state index is 0.0250. The monoisotopic (exact) mass is 464 g/mol. The number of amides is 2. The van der Waals surface area contributed by atoms with E-state index in [-0.39, 0.29) is 30.9 Å². The summed E-state index contributed by atoms with van der Waals surface area (Å²) in [5.41, 5.74) is 3.75. The highest BCUT2D eigenvalue weighted by molar-refractivity contribution is 5.83. The molecule has 2 aromatic carbocycles. The Labute approximate surface area is 199 Å². The molecule has 0 unspecified atom stereocenters. The van der Waals surface area contributed by atoms with Crippen molar-refractivity contribution in [3.8, 4) is 11.1 Å². The number of hydrogen-bond acceptors (Lipinski definition) is 4. The molecule has 2 aliphatic rings. The highest BCUT2D eigenvalue weighted by Gasteiger charge is 2.35. The molecule has 2 aromatic rings. The Hall–Kier alpha value is -3.35. The summed E-state index contributed by atoms with van der Waals surface area (Å²) < 4.78 is 5.55. The Kier molecular flexibility index (Phi) is 6.91. The van der Waals surface area contributed by atoms with Crippen LogP contribution in [0.3, 0.4) is 0 Å². The van der Waals surface area contributed by atoms with Gasteiger partial charge in [0.2, 0.25) is 5.91 Å². The molecular formula is C27H32N2O5. The van der Waals surface area contributed by atoms with E-state index >= 15 is 0 Å². The first-order valence-electron chi connectivity index (χ1n) is 11.9. The summed E-state index contributed by atoms with van der Waals surface area (Å²) in [5, 5.41) is 14.9.